The van der Waals surface area contributed by atoms with Gasteiger partial charge in [-0.15, -0.1) is 0 Å². The average molecular weight is 267 g/mol. The summed E-state index contributed by atoms with van der Waals surface area (Å²) in [7, 11) is 0. The number of carbonyl (C=O) groups excluding carboxylic acids is 1. The summed E-state index contributed by atoms with van der Waals surface area (Å²) < 4.78 is 6.34. The molecule has 0 unspecified atom stereocenters. The zero-order valence-corrected chi connectivity index (χ0v) is 11.5. The van der Waals surface area contributed by atoms with Crippen molar-refractivity contribution in [2.24, 2.45) is 0 Å². The Balaban J connectivity index is 2.43. The second-order valence-electron chi connectivity index (χ2n) is 4.18. The van der Waals surface area contributed by atoms with Crippen molar-refractivity contribution >= 4 is 11.7 Å². The number of hydrogen-bond donors (Lipinski definition) is 1. The number of ether oxygens (including phenoxy) is 1. The molecule has 6 nitrogen and oxygen atoms in total. The van der Waals surface area contributed by atoms with Crippen molar-refractivity contribution in [3.8, 4) is 0 Å². The molecule has 0 amide bonds. The molecule has 0 aliphatic carbocycles. The van der Waals surface area contributed by atoms with Crippen LogP contribution in [0.4, 0.5) is 5.69 Å². The molecule has 19 heavy (non-hydrogen) atoms. The van der Waals surface area contributed by atoms with Gasteiger partial charge in [0.1, 0.15) is 13.2 Å². The summed E-state index contributed by atoms with van der Waals surface area (Å²) in [5, 5.41) is 0. The van der Waals surface area contributed by atoms with Crippen molar-refractivity contribution in [2.75, 3.05) is 32.0 Å². The van der Waals surface area contributed by atoms with Gasteiger partial charge < -0.3 is 19.9 Å². The summed E-state index contributed by atoms with van der Waals surface area (Å²) in [6.07, 6.45) is 1.44. The molecule has 0 aliphatic rings. The third-order valence-electron chi connectivity index (χ3n) is 2.87. The second kappa shape index (κ2) is 7.58. The molecule has 1 heterocycles. The summed E-state index contributed by atoms with van der Waals surface area (Å²) in [5.74, 6) is -0.431. The topological polar surface area (TPSA) is 77.6 Å². The second-order valence-corrected chi connectivity index (χ2v) is 4.18. The van der Waals surface area contributed by atoms with Crippen molar-refractivity contribution in [2.45, 2.75) is 20.4 Å². The van der Waals surface area contributed by atoms with Crippen LogP contribution in [0.15, 0.2) is 23.1 Å². The van der Waals surface area contributed by atoms with Crippen LogP contribution in [0.5, 0.6) is 0 Å². The summed E-state index contributed by atoms with van der Waals surface area (Å²) >= 11 is 0. The van der Waals surface area contributed by atoms with E-state index in [1.165, 1.54) is 22.9 Å². The van der Waals surface area contributed by atoms with Crippen LogP contribution in [0.3, 0.4) is 0 Å². The minimum Gasteiger partial charge on any atom is -0.463 e. The third-order valence-corrected chi connectivity index (χ3v) is 2.87. The molecule has 0 aliphatic heterocycles. The number of hydrogen-bond acceptors (Lipinski definition) is 5. The van der Waals surface area contributed by atoms with Gasteiger partial charge in [0.15, 0.2) is 0 Å². The average Bonchev–Trinajstić information content (AvgIpc) is 2.39. The number of nitrogens with two attached hydrogens (primary N) is 1. The Kier molecular flexibility index (Phi) is 6.08. The molecule has 106 valence electrons. The first kappa shape index (κ1) is 15.2. The van der Waals surface area contributed by atoms with E-state index in [-0.39, 0.29) is 12.1 Å². The molecule has 0 fully saturated rings. The van der Waals surface area contributed by atoms with Crippen LogP contribution in [-0.2, 0) is 16.1 Å². The molecule has 0 radical (unpaired) electrons. The highest BCUT2D eigenvalue weighted by atomic mass is 16.5. The van der Waals surface area contributed by atoms with E-state index in [2.05, 4.69) is 18.7 Å². The fraction of sp³-hybridized carbons (Fsp3) is 0.538. The van der Waals surface area contributed by atoms with E-state index in [0.29, 0.717) is 18.8 Å². The van der Waals surface area contributed by atoms with E-state index >= 15 is 0 Å². The number of likely N-dealkylation sites (N-methyl/N-ethyl adjacent to an activating group) is 1. The van der Waals surface area contributed by atoms with E-state index in [0.717, 1.165) is 13.1 Å². The molecule has 0 bridgehead atoms. The maximum atomic E-state index is 11.6. The molecule has 1 rings (SSSR count). The molecular weight excluding hydrogens is 246 g/mol. The molecule has 0 aromatic carbocycles. The smallest absolute Gasteiger partial charge is 0.326 e. The van der Waals surface area contributed by atoms with Crippen molar-refractivity contribution < 1.29 is 9.53 Å². The molecule has 0 saturated heterocycles. The van der Waals surface area contributed by atoms with Crippen LogP contribution < -0.4 is 11.3 Å². The zero-order chi connectivity index (χ0) is 14.3. The highest BCUT2D eigenvalue weighted by molar-refractivity contribution is 5.69. The number of carbonyl (C=O) groups is 1. The van der Waals surface area contributed by atoms with E-state index in [4.69, 9.17) is 10.5 Å². The minimum atomic E-state index is -0.431. The van der Waals surface area contributed by atoms with Gasteiger partial charge >= 0.3 is 5.97 Å². The van der Waals surface area contributed by atoms with Gasteiger partial charge in [-0.25, -0.2) is 0 Å². The molecule has 1 aromatic heterocycles. The predicted octanol–water partition coefficient (Wildman–Crippen LogP) is 0.315. The zero-order valence-electron chi connectivity index (χ0n) is 11.5. The Labute approximate surface area is 112 Å². The van der Waals surface area contributed by atoms with Gasteiger partial charge in [0.25, 0.3) is 5.56 Å². The molecular formula is C13H21N3O3. The monoisotopic (exact) mass is 267 g/mol. The number of esters is 1. The van der Waals surface area contributed by atoms with Gasteiger partial charge in [0.2, 0.25) is 0 Å². The first-order chi connectivity index (χ1) is 9.06. The van der Waals surface area contributed by atoms with Gasteiger partial charge in [-0.2, -0.15) is 0 Å². The molecule has 2 N–H and O–H groups in total. The third kappa shape index (κ3) is 5.13. The van der Waals surface area contributed by atoms with Crippen LogP contribution >= 0.6 is 0 Å². The predicted molar refractivity (Wildman–Crippen MR) is 73.9 cm³/mol. The minimum absolute atomic E-state index is 0.109. The maximum Gasteiger partial charge on any atom is 0.326 e. The molecule has 6 heteroatoms. The number of pyridine rings is 1. The molecule has 0 atom stereocenters. The lowest BCUT2D eigenvalue weighted by molar-refractivity contribution is -0.144. The lowest BCUT2D eigenvalue weighted by atomic mass is 10.4. The number of nitrogen functional groups attached to an aromatic ring is 1. The molecule has 1 aromatic rings. The van der Waals surface area contributed by atoms with Gasteiger partial charge in [-0.1, -0.05) is 13.8 Å². The van der Waals surface area contributed by atoms with Crippen molar-refractivity contribution in [3.63, 3.8) is 0 Å². The van der Waals surface area contributed by atoms with Crippen LogP contribution in [-0.4, -0.2) is 41.7 Å². The largest absolute Gasteiger partial charge is 0.463 e. The van der Waals surface area contributed by atoms with E-state index in [9.17, 15) is 9.59 Å². The van der Waals surface area contributed by atoms with Gasteiger partial charge in [0, 0.05) is 24.5 Å². The number of aromatic nitrogens is 1. The Morgan fingerprint density at radius 3 is 2.68 bits per heavy atom. The van der Waals surface area contributed by atoms with Crippen molar-refractivity contribution in [3.05, 3.63) is 28.7 Å². The first-order valence-corrected chi connectivity index (χ1v) is 6.40. The SMILES string of the molecule is CCN(CC)CCOC(=O)Cn1cc(N)ccc1=O. The lowest BCUT2D eigenvalue weighted by Gasteiger charge is -2.17. The fourth-order valence-corrected chi connectivity index (χ4v) is 1.69. The van der Waals surface area contributed by atoms with Crippen LogP contribution in [0.25, 0.3) is 0 Å². The summed E-state index contributed by atoms with van der Waals surface area (Å²) in [5.41, 5.74) is 5.73. The number of anilines is 1. The summed E-state index contributed by atoms with van der Waals surface area (Å²) in [6.45, 7) is 6.87. The highest BCUT2D eigenvalue weighted by Crippen LogP contribution is 1.96. The van der Waals surface area contributed by atoms with Crippen molar-refractivity contribution in [1.29, 1.82) is 0 Å². The Morgan fingerprint density at radius 2 is 2.05 bits per heavy atom. The fourth-order valence-electron chi connectivity index (χ4n) is 1.69. The number of rotatable bonds is 7. The summed E-state index contributed by atoms with van der Waals surface area (Å²) in [6, 6.07) is 2.84. The number of nitrogens with zero attached hydrogens (tertiary/aromatic N) is 2. The highest BCUT2D eigenvalue weighted by Gasteiger charge is 2.07. The van der Waals surface area contributed by atoms with Gasteiger partial charge in [-0.05, 0) is 19.2 Å². The van der Waals surface area contributed by atoms with Gasteiger partial charge in [-0.3, -0.25) is 9.59 Å². The summed E-state index contributed by atoms with van der Waals surface area (Å²) in [4.78, 5) is 25.2. The van der Waals surface area contributed by atoms with Crippen molar-refractivity contribution in [1.82, 2.24) is 9.47 Å². The van der Waals surface area contributed by atoms with E-state index < -0.39 is 5.97 Å². The van der Waals surface area contributed by atoms with E-state index in [1.807, 2.05) is 0 Å². The maximum absolute atomic E-state index is 11.6. The molecule has 0 spiro atoms. The standard InChI is InChI=1S/C13H21N3O3/c1-3-15(4-2)7-8-19-13(18)10-16-9-11(14)5-6-12(16)17/h5-6,9H,3-4,7-8,10,14H2,1-2H3. The van der Waals surface area contributed by atoms with E-state index in [1.54, 1.807) is 0 Å². The van der Waals surface area contributed by atoms with Crippen LogP contribution in [0.2, 0.25) is 0 Å². The first-order valence-electron chi connectivity index (χ1n) is 6.40. The lowest BCUT2D eigenvalue weighted by Crippen LogP contribution is -2.29. The Hall–Kier alpha value is -1.82. The normalized spacial score (nSPS) is 10.7. The van der Waals surface area contributed by atoms with Crippen LogP contribution in [0, 0.1) is 0 Å². The molecule has 0 saturated carbocycles. The quantitative estimate of drug-likeness (QED) is 0.720. The Bertz CT molecular complexity index is 466. The van der Waals surface area contributed by atoms with Crippen LogP contribution in [0.1, 0.15) is 13.8 Å². The van der Waals surface area contributed by atoms with Gasteiger partial charge in [0.05, 0.1) is 0 Å². The Morgan fingerprint density at radius 1 is 1.37 bits per heavy atom.